The molecule has 0 radical (unpaired) electrons. The predicted molar refractivity (Wildman–Crippen MR) is 298 cm³/mol. The van der Waals surface area contributed by atoms with Gasteiger partial charge in [-0.3, -0.25) is 43.9 Å². The molecule has 17 heteroatoms. The van der Waals surface area contributed by atoms with Crippen LogP contribution in [0.1, 0.15) is 132 Å². The number of aryl methyl sites for hydroxylation is 2. The summed E-state index contributed by atoms with van der Waals surface area (Å²) in [5.74, 6) is -3.67. The van der Waals surface area contributed by atoms with Crippen LogP contribution in [0.15, 0.2) is 97.1 Å². The second-order valence-electron chi connectivity index (χ2n) is 23.2. The summed E-state index contributed by atoms with van der Waals surface area (Å²) in [6.07, 6.45) is 15.0. The van der Waals surface area contributed by atoms with E-state index in [1.165, 1.54) is 28.3 Å². The Morgan fingerprint density at radius 1 is 0.692 bits per heavy atom. The summed E-state index contributed by atoms with van der Waals surface area (Å²) in [6, 6.07) is 20.3. The number of rotatable bonds is 19. The van der Waals surface area contributed by atoms with Crippen molar-refractivity contribution in [3.05, 3.63) is 125 Å². The van der Waals surface area contributed by atoms with Gasteiger partial charge in [0.1, 0.15) is 17.8 Å². The Bertz CT molecular complexity index is 2760. The first-order chi connectivity index (χ1) is 37.3. The van der Waals surface area contributed by atoms with Crippen LogP contribution in [-0.4, -0.2) is 108 Å². The zero-order valence-electron chi connectivity index (χ0n) is 46.5. The van der Waals surface area contributed by atoms with Gasteiger partial charge in [-0.05, 0) is 138 Å². The number of fused-ring (bicyclic) bond motifs is 2. The van der Waals surface area contributed by atoms with Gasteiger partial charge in [0.05, 0.1) is 54.3 Å². The SMILES string of the molecule is CN[C@@H](C)C(=O)N[C@H](C(=O)C1(C(N)=O)C=CC(COc2ccc(CN(NC(=O)[C@H](C)NC)C(=O)[C@H]3CCC[C@H]3C(=O)N[C@@H]3CCCc4ccccc43)cc2)(N2CCCC2C(=O)N[C@@H]2CCCc3ccccc32)C=C1)C(C)(C)C. The third-order valence-electron chi connectivity index (χ3n) is 17.0. The van der Waals surface area contributed by atoms with Crippen molar-refractivity contribution in [3.63, 3.8) is 0 Å². The summed E-state index contributed by atoms with van der Waals surface area (Å²) in [6.45, 7) is 9.28. The molecule has 3 aromatic rings. The van der Waals surface area contributed by atoms with Gasteiger partial charge >= 0.3 is 0 Å². The standard InChI is InChI=1S/C61H81N9O8/c1-38(63-6)53(72)67-51(59(3,4)5)52(71)61(58(62)77)33-31-60(32-34-61,69-35-15-26-50(69)56(75)66-49-25-13-19-42-17-9-11-21-45(42)49)37-78-43-29-27-40(28-30-43)36-70(68-54(73)39(2)64-7)57(76)47-23-14-22-46(47)55(74)65-48-24-12-18-41-16-8-10-20-44(41)48/h8-11,16-17,20-21,27-34,38-39,46-51,63-64H,12-15,18-19,22-26,35-37H2,1-7H3,(H2,62,77)(H,65,74)(H,66,75)(H,67,72)(H,68,73)/t38-,39-,46+,47-,48+,49+,50?,51+,60?,61?/m0/s1. The fourth-order valence-electron chi connectivity index (χ4n) is 12.1. The van der Waals surface area contributed by atoms with Crippen LogP contribution < -0.4 is 42.5 Å². The number of ether oxygens (including phenoxy) is 1. The van der Waals surface area contributed by atoms with Crippen LogP contribution in [0, 0.1) is 22.7 Å². The number of nitrogens with one attached hydrogen (secondary N) is 6. The third-order valence-corrected chi connectivity index (χ3v) is 17.0. The van der Waals surface area contributed by atoms with Gasteiger partial charge in [-0.2, -0.15) is 0 Å². The van der Waals surface area contributed by atoms with Crippen molar-refractivity contribution >= 4 is 41.2 Å². The van der Waals surface area contributed by atoms with Crippen molar-refractivity contribution in [2.45, 2.75) is 154 Å². The molecular weight excluding hydrogens is 987 g/mol. The van der Waals surface area contributed by atoms with Crippen molar-refractivity contribution in [1.82, 2.24) is 41.9 Å². The van der Waals surface area contributed by atoms with E-state index in [-0.39, 0.29) is 43.0 Å². The van der Waals surface area contributed by atoms with E-state index in [0.29, 0.717) is 50.0 Å². The Balaban J connectivity index is 1.04. The van der Waals surface area contributed by atoms with Crippen LogP contribution in [0.2, 0.25) is 0 Å². The summed E-state index contributed by atoms with van der Waals surface area (Å²) in [5, 5.41) is 16.7. The van der Waals surface area contributed by atoms with Crippen molar-refractivity contribution in [1.29, 1.82) is 0 Å². The quantitative estimate of drug-likeness (QED) is 0.0460. The lowest BCUT2D eigenvalue weighted by Gasteiger charge is -2.44. The first-order valence-corrected chi connectivity index (χ1v) is 28.1. The lowest BCUT2D eigenvalue weighted by Crippen LogP contribution is -2.61. The molecule has 1 unspecified atom stereocenters. The van der Waals surface area contributed by atoms with Gasteiger partial charge in [-0.15, -0.1) is 0 Å². The molecule has 6 amide bonds. The molecule has 1 heterocycles. The highest BCUT2D eigenvalue weighted by Crippen LogP contribution is 2.41. The Labute approximate surface area is 459 Å². The number of hydrogen-bond donors (Lipinski definition) is 7. The summed E-state index contributed by atoms with van der Waals surface area (Å²) in [5.41, 5.74) is 10.5. The van der Waals surface area contributed by atoms with Crippen LogP contribution >= 0.6 is 0 Å². The summed E-state index contributed by atoms with van der Waals surface area (Å²) < 4.78 is 6.65. The van der Waals surface area contributed by atoms with E-state index in [2.05, 4.69) is 61.2 Å². The van der Waals surface area contributed by atoms with Crippen molar-refractivity contribution < 1.29 is 38.3 Å². The molecule has 1 aliphatic heterocycles. The van der Waals surface area contributed by atoms with Gasteiger partial charge in [-0.25, -0.2) is 5.01 Å². The zero-order chi connectivity index (χ0) is 55.9. The lowest BCUT2D eigenvalue weighted by atomic mass is 9.68. The molecule has 8 atom stereocenters. The maximum Gasteiger partial charge on any atom is 0.255 e. The number of ketones is 1. The number of hydrogen-bond acceptors (Lipinski definition) is 11. The van der Waals surface area contributed by atoms with Gasteiger partial charge < -0.3 is 37.1 Å². The van der Waals surface area contributed by atoms with Crippen LogP contribution in [0.5, 0.6) is 5.75 Å². The Morgan fingerprint density at radius 2 is 1.26 bits per heavy atom. The lowest BCUT2D eigenvalue weighted by molar-refractivity contribution is -0.148. The maximum absolute atomic E-state index is 14.8. The summed E-state index contributed by atoms with van der Waals surface area (Å²) >= 11 is 0. The number of Topliss-reactive ketones (excluding diaryl/α,β-unsaturated/α-hetero) is 1. The number of nitrogens with zero attached hydrogens (tertiary/aromatic N) is 2. The summed E-state index contributed by atoms with van der Waals surface area (Å²) in [4.78, 5) is 101. The molecular formula is C61H81N9O8. The highest BCUT2D eigenvalue weighted by molar-refractivity contribution is 6.13. The topological polar surface area (TPSA) is 233 Å². The molecule has 5 aliphatic rings. The second-order valence-corrected chi connectivity index (χ2v) is 23.2. The predicted octanol–water partition coefficient (Wildman–Crippen LogP) is 5.35. The highest BCUT2D eigenvalue weighted by Gasteiger charge is 2.53. The molecule has 1 saturated heterocycles. The molecule has 0 aromatic heterocycles. The average molecular weight is 1070 g/mol. The van der Waals surface area contributed by atoms with Gasteiger partial charge in [0.2, 0.25) is 29.5 Å². The van der Waals surface area contributed by atoms with Crippen LogP contribution in [0.4, 0.5) is 0 Å². The number of nitrogens with two attached hydrogens (primary N) is 1. The van der Waals surface area contributed by atoms with E-state index < -0.39 is 75.9 Å². The largest absolute Gasteiger partial charge is 0.491 e. The van der Waals surface area contributed by atoms with Crippen LogP contribution in [0.3, 0.4) is 0 Å². The molecule has 78 heavy (non-hydrogen) atoms. The van der Waals surface area contributed by atoms with Gasteiger partial charge in [0.15, 0.2) is 5.78 Å². The van der Waals surface area contributed by atoms with E-state index in [1.807, 2.05) is 57.2 Å². The smallest absolute Gasteiger partial charge is 0.255 e. The zero-order valence-corrected chi connectivity index (χ0v) is 46.5. The minimum absolute atomic E-state index is 0.0146. The van der Waals surface area contributed by atoms with E-state index in [9.17, 15) is 33.6 Å². The first-order valence-electron chi connectivity index (χ1n) is 28.1. The normalized spacial score (nSPS) is 25.8. The van der Waals surface area contributed by atoms with Crippen molar-refractivity contribution in [2.75, 3.05) is 27.2 Å². The fraction of sp³-hybridized carbons (Fsp3) is 0.525. The highest BCUT2D eigenvalue weighted by atomic mass is 16.5. The van der Waals surface area contributed by atoms with E-state index in [1.54, 1.807) is 52.2 Å². The molecule has 1 saturated carbocycles. The van der Waals surface area contributed by atoms with Gasteiger partial charge in [0, 0.05) is 12.5 Å². The van der Waals surface area contributed by atoms with Crippen LogP contribution in [0.25, 0.3) is 0 Å². The molecule has 8 N–H and O–H groups in total. The molecule has 4 aliphatic carbocycles. The molecule has 418 valence electrons. The average Bonchev–Trinajstić information content (AvgIpc) is 4.29. The number of hydrazine groups is 1. The Morgan fingerprint density at radius 3 is 1.83 bits per heavy atom. The van der Waals surface area contributed by atoms with Gasteiger partial charge in [-0.1, -0.05) is 112 Å². The number of amides is 6. The molecule has 0 bridgehead atoms. The number of likely N-dealkylation sites (N-methyl/N-ethyl adjacent to an activating group) is 2. The van der Waals surface area contributed by atoms with Crippen LogP contribution in [-0.2, 0) is 52.9 Å². The summed E-state index contributed by atoms with van der Waals surface area (Å²) in [7, 11) is 3.31. The number of benzene rings is 3. The van der Waals surface area contributed by atoms with E-state index >= 15 is 0 Å². The molecule has 17 nitrogen and oxygen atoms in total. The monoisotopic (exact) mass is 1070 g/mol. The maximum atomic E-state index is 14.8. The Kier molecular flexibility index (Phi) is 18.1. The van der Waals surface area contributed by atoms with Crippen molar-refractivity contribution in [2.24, 2.45) is 28.4 Å². The van der Waals surface area contributed by atoms with E-state index in [4.69, 9.17) is 10.5 Å². The van der Waals surface area contributed by atoms with E-state index in [0.717, 1.165) is 49.7 Å². The minimum Gasteiger partial charge on any atom is -0.491 e. The molecule has 2 fully saturated rings. The fourth-order valence-corrected chi connectivity index (χ4v) is 12.1. The first kappa shape index (κ1) is 57.5. The number of primary amides is 1. The minimum atomic E-state index is -1.95. The molecule has 8 rings (SSSR count). The number of carbonyl (C=O) groups excluding carboxylic acids is 7. The van der Waals surface area contributed by atoms with Crippen molar-refractivity contribution in [3.8, 4) is 5.75 Å². The second kappa shape index (κ2) is 24.5. The molecule has 0 spiro atoms. The number of likely N-dealkylation sites (tertiary alicyclic amines) is 1. The Hall–Kier alpha value is -6.69. The molecule has 3 aromatic carbocycles. The van der Waals surface area contributed by atoms with Gasteiger partial charge in [0.25, 0.3) is 5.91 Å². The third kappa shape index (κ3) is 12.4. The number of carbonyl (C=O) groups is 7.